The van der Waals surface area contributed by atoms with Gasteiger partial charge in [0.2, 0.25) is 0 Å². The van der Waals surface area contributed by atoms with Gasteiger partial charge in [-0.2, -0.15) is 0 Å². The quantitative estimate of drug-likeness (QED) is 0.708. The van der Waals surface area contributed by atoms with Crippen molar-refractivity contribution >= 4 is 27.6 Å². The van der Waals surface area contributed by atoms with Crippen LogP contribution in [0.25, 0.3) is 0 Å². The zero-order valence-electron chi connectivity index (χ0n) is 7.52. The van der Waals surface area contributed by atoms with Crippen LogP contribution in [0.15, 0.2) is 0 Å². The number of hydrogen-bond acceptors (Lipinski definition) is 4. The van der Waals surface area contributed by atoms with Gasteiger partial charge in [-0.3, -0.25) is 0 Å². The minimum absolute atomic E-state index is 0.0973. The van der Waals surface area contributed by atoms with Crippen molar-refractivity contribution in [2.24, 2.45) is 5.92 Å². The molecule has 0 bridgehead atoms. The van der Waals surface area contributed by atoms with E-state index in [1.54, 1.807) is 21.6 Å². The average Bonchev–Trinajstić information content (AvgIpc) is 2.56. The number of rotatable bonds is 4. The Kier molecular flexibility index (Phi) is 3.94. The molecule has 0 aliphatic carbocycles. The number of carboxylic acids is 1. The van der Waals surface area contributed by atoms with Crippen molar-refractivity contribution in [2.75, 3.05) is 11.5 Å². The van der Waals surface area contributed by atoms with E-state index in [1.165, 1.54) is 0 Å². The van der Waals surface area contributed by atoms with Crippen LogP contribution >= 0.6 is 21.6 Å². The number of carbonyl (C=O) groups is 1. The third kappa shape index (κ3) is 2.33. The summed E-state index contributed by atoms with van der Waals surface area (Å²) in [6.07, 6.45) is 1.06. The second-order valence-electron chi connectivity index (χ2n) is 3.25. The van der Waals surface area contributed by atoms with Gasteiger partial charge in [-0.05, 0) is 6.42 Å². The Morgan fingerprint density at radius 3 is 2.46 bits per heavy atom. The van der Waals surface area contributed by atoms with Crippen molar-refractivity contribution in [3.05, 3.63) is 0 Å². The van der Waals surface area contributed by atoms with Crippen molar-refractivity contribution in [1.82, 2.24) is 0 Å². The van der Waals surface area contributed by atoms with E-state index in [1.807, 2.05) is 6.92 Å². The minimum atomic E-state index is -1.49. The van der Waals surface area contributed by atoms with Gasteiger partial charge in [-0.25, -0.2) is 4.79 Å². The van der Waals surface area contributed by atoms with E-state index < -0.39 is 11.6 Å². The molecular formula is C8H14O3S2. The van der Waals surface area contributed by atoms with E-state index in [2.05, 4.69) is 0 Å². The number of aliphatic hydroxyl groups is 1. The largest absolute Gasteiger partial charge is 0.479 e. The predicted octanol–water partition coefficient (Wildman–Crippen LogP) is 1.61. The summed E-state index contributed by atoms with van der Waals surface area (Å²) in [7, 11) is 3.29. The normalized spacial score (nSPS) is 22.9. The van der Waals surface area contributed by atoms with Gasteiger partial charge in [-0.1, -0.05) is 34.9 Å². The molecule has 13 heavy (non-hydrogen) atoms. The Hall–Kier alpha value is 0.130. The van der Waals surface area contributed by atoms with Crippen LogP contribution in [-0.4, -0.2) is 33.3 Å². The maximum absolute atomic E-state index is 10.9. The Morgan fingerprint density at radius 2 is 2.08 bits per heavy atom. The first-order chi connectivity index (χ1) is 6.11. The zero-order valence-corrected chi connectivity index (χ0v) is 9.16. The topological polar surface area (TPSA) is 57.5 Å². The van der Waals surface area contributed by atoms with Crippen LogP contribution in [0.3, 0.4) is 0 Å². The molecule has 1 heterocycles. The van der Waals surface area contributed by atoms with Gasteiger partial charge in [0.1, 0.15) is 0 Å². The lowest BCUT2D eigenvalue weighted by Crippen LogP contribution is -2.46. The summed E-state index contributed by atoms with van der Waals surface area (Å²) in [5, 5.41) is 18.9. The summed E-state index contributed by atoms with van der Waals surface area (Å²) in [5.41, 5.74) is -1.49. The third-order valence-electron chi connectivity index (χ3n) is 2.30. The van der Waals surface area contributed by atoms with E-state index in [-0.39, 0.29) is 5.92 Å². The van der Waals surface area contributed by atoms with Crippen molar-refractivity contribution in [3.8, 4) is 0 Å². The van der Waals surface area contributed by atoms with Crippen LogP contribution in [0.2, 0.25) is 0 Å². The fraction of sp³-hybridized carbons (Fsp3) is 0.875. The fourth-order valence-electron chi connectivity index (χ4n) is 1.45. The molecule has 1 unspecified atom stereocenters. The highest BCUT2D eigenvalue weighted by Crippen LogP contribution is 2.41. The standard InChI is InChI=1S/C8H14O3S2/c1-2-3-8(11,7(9)10)6-4-12-13-5-6/h6,11H,2-5H2,1H3,(H,9,10). The summed E-state index contributed by atoms with van der Waals surface area (Å²) in [4.78, 5) is 10.9. The van der Waals surface area contributed by atoms with Crippen molar-refractivity contribution in [1.29, 1.82) is 0 Å². The first-order valence-corrected chi connectivity index (χ1v) is 6.80. The van der Waals surface area contributed by atoms with E-state index in [0.29, 0.717) is 12.8 Å². The van der Waals surface area contributed by atoms with Crippen LogP contribution in [0.1, 0.15) is 19.8 Å². The van der Waals surface area contributed by atoms with Gasteiger partial charge < -0.3 is 10.2 Å². The molecule has 1 fully saturated rings. The smallest absolute Gasteiger partial charge is 0.336 e. The van der Waals surface area contributed by atoms with E-state index in [0.717, 1.165) is 11.5 Å². The minimum Gasteiger partial charge on any atom is -0.479 e. The highest BCUT2D eigenvalue weighted by Gasteiger charge is 2.44. The van der Waals surface area contributed by atoms with Gasteiger partial charge >= 0.3 is 5.97 Å². The molecule has 0 saturated carbocycles. The predicted molar refractivity (Wildman–Crippen MR) is 55.9 cm³/mol. The molecule has 0 amide bonds. The van der Waals surface area contributed by atoms with Crippen LogP contribution in [0.5, 0.6) is 0 Å². The van der Waals surface area contributed by atoms with Crippen LogP contribution < -0.4 is 0 Å². The molecule has 1 saturated heterocycles. The van der Waals surface area contributed by atoms with Crippen LogP contribution in [-0.2, 0) is 4.79 Å². The molecule has 5 heteroatoms. The molecule has 0 radical (unpaired) electrons. The number of aliphatic carboxylic acids is 1. The Morgan fingerprint density at radius 1 is 1.54 bits per heavy atom. The molecule has 0 aromatic rings. The Labute approximate surface area is 85.7 Å². The van der Waals surface area contributed by atoms with Crippen LogP contribution in [0.4, 0.5) is 0 Å². The van der Waals surface area contributed by atoms with E-state index in [9.17, 15) is 9.90 Å². The molecule has 0 aromatic carbocycles. The monoisotopic (exact) mass is 222 g/mol. The van der Waals surface area contributed by atoms with Gasteiger partial charge in [0.25, 0.3) is 0 Å². The molecule has 2 N–H and O–H groups in total. The molecular weight excluding hydrogens is 208 g/mol. The Bertz CT molecular complexity index is 192. The summed E-state index contributed by atoms with van der Waals surface area (Å²) in [5.74, 6) is 0.323. The fourth-order valence-corrected chi connectivity index (χ4v) is 4.47. The Balaban J connectivity index is 2.69. The summed E-state index contributed by atoms with van der Waals surface area (Å²) in [6.45, 7) is 1.89. The van der Waals surface area contributed by atoms with E-state index >= 15 is 0 Å². The molecule has 76 valence electrons. The molecule has 1 atom stereocenters. The molecule has 0 aromatic heterocycles. The molecule has 1 aliphatic heterocycles. The van der Waals surface area contributed by atoms with Crippen molar-refractivity contribution in [2.45, 2.75) is 25.4 Å². The van der Waals surface area contributed by atoms with Gasteiger partial charge in [0.05, 0.1) is 0 Å². The van der Waals surface area contributed by atoms with Crippen molar-refractivity contribution < 1.29 is 15.0 Å². The zero-order chi connectivity index (χ0) is 9.90. The third-order valence-corrected chi connectivity index (χ3v) is 4.86. The van der Waals surface area contributed by atoms with E-state index in [4.69, 9.17) is 5.11 Å². The first-order valence-electron chi connectivity index (χ1n) is 4.31. The molecule has 3 nitrogen and oxygen atoms in total. The van der Waals surface area contributed by atoms with Crippen LogP contribution in [0, 0.1) is 5.92 Å². The SMILES string of the molecule is CCCC(O)(C(=O)O)C1CSSC1. The number of carboxylic acid groups (broad SMARTS) is 1. The maximum Gasteiger partial charge on any atom is 0.336 e. The summed E-state index contributed by atoms with van der Waals surface area (Å²) < 4.78 is 0. The maximum atomic E-state index is 10.9. The van der Waals surface area contributed by atoms with Gasteiger partial charge in [0.15, 0.2) is 5.60 Å². The highest BCUT2D eigenvalue weighted by molar-refractivity contribution is 8.77. The lowest BCUT2D eigenvalue weighted by molar-refractivity contribution is -0.164. The van der Waals surface area contributed by atoms with Gasteiger partial charge in [0, 0.05) is 17.4 Å². The average molecular weight is 222 g/mol. The van der Waals surface area contributed by atoms with Gasteiger partial charge in [-0.15, -0.1) is 0 Å². The molecule has 0 spiro atoms. The molecule has 1 rings (SSSR count). The van der Waals surface area contributed by atoms with Crippen molar-refractivity contribution in [3.63, 3.8) is 0 Å². The second-order valence-corrected chi connectivity index (χ2v) is 5.80. The first kappa shape index (κ1) is 11.2. The number of hydrogen-bond donors (Lipinski definition) is 2. The second kappa shape index (κ2) is 4.57. The lowest BCUT2D eigenvalue weighted by Gasteiger charge is -2.28. The highest BCUT2D eigenvalue weighted by atomic mass is 33.1. The molecule has 1 aliphatic rings. The summed E-state index contributed by atoms with van der Waals surface area (Å²) >= 11 is 0. The lowest BCUT2D eigenvalue weighted by atomic mass is 9.86. The summed E-state index contributed by atoms with van der Waals surface area (Å²) in [6, 6.07) is 0.